The summed E-state index contributed by atoms with van der Waals surface area (Å²) in [6.07, 6.45) is 0. The molecule has 0 amide bonds. The minimum absolute atomic E-state index is 0.264. The number of hydrogen-bond donors (Lipinski definition) is 1. The monoisotopic (exact) mass is 209 g/mol. The van der Waals surface area contributed by atoms with E-state index in [1.165, 1.54) is 4.31 Å². The topological polar surface area (TPSA) is 88.3 Å². The highest BCUT2D eigenvalue weighted by atomic mass is 32.2. The fraction of sp³-hybridized carbons (Fsp3) is 1.00. The van der Waals surface area contributed by atoms with Crippen LogP contribution in [0.5, 0.6) is 0 Å². The van der Waals surface area contributed by atoms with Gasteiger partial charge in [-0.3, -0.25) is 0 Å². The van der Waals surface area contributed by atoms with Gasteiger partial charge in [0, 0.05) is 13.1 Å². The molecule has 1 aliphatic rings. The first-order chi connectivity index (χ1) is 6.17. The molecule has 1 fully saturated rings. The molecule has 0 unspecified atom stereocenters. The molecule has 6 nitrogen and oxygen atoms in total. The van der Waals surface area contributed by atoms with Crippen LogP contribution in [0.2, 0.25) is 0 Å². The average Bonchev–Trinajstić information content (AvgIpc) is 2.16. The lowest BCUT2D eigenvalue weighted by Gasteiger charge is -2.32. The van der Waals surface area contributed by atoms with Gasteiger partial charge in [0.25, 0.3) is 0 Å². The van der Waals surface area contributed by atoms with E-state index < -0.39 is 10.2 Å². The van der Waals surface area contributed by atoms with Crippen molar-refractivity contribution in [1.29, 1.82) is 0 Å². The lowest BCUT2D eigenvalue weighted by molar-refractivity contribution is -0.362. The summed E-state index contributed by atoms with van der Waals surface area (Å²) < 4.78 is 32.8. The number of hydrogen-bond acceptors (Lipinski definition) is 3. The summed E-state index contributed by atoms with van der Waals surface area (Å²) in [4.78, 5) is 0. The standard InChI is InChI=1S/C6H14N3O3S/c7-1-2-8-13(10,11)9-3-5-12-6-4-9/h1-7H2/q-1/p+1. The molecule has 3 N–H and O–H groups in total. The molecule has 0 atom stereocenters. The van der Waals surface area contributed by atoms with Crippen LogP contribution < -0.4 is 5.73 Å². The molecular weight excluding hydrogens is 194 g/mol. The van der Waals surface area contributed by atoms with Gasteiger partial charge in [0.2, 0.25) is 0 Å². The van der Waals surface area contributed by atoms with Gasteiger partial charge in [-0.15, -0.1) is 0 Å². The molecule has 0 bridgehead atoms. The zero-order valence-electron chi connectivity index (χ0n) is 7.48. The normalized spacial score (nSPS) is 20.4. The second kappa shape index (κ2) is 4.87. The predicted octanol–water partition coefficient (Wildman–Crippen LogP) is -1.82. The summed E-state index contributed by atoms with van der Waals surface area (Å²) in [6.45, 7) is 2.49. The van der Waals surface area contributed by atoms with Gasteiger partial charge in [-0.1, -0.05) is 6.54 Å². The first kappa shape index (κ1) is 10.9. The Hall–Kier alpha value is -0.210. The van der Waals surface area contributed by atoms with Crippen LogP contribution in [0.1, 0.15) is 0 Å². The van der Waals surface area contributed by atoms with Crippen molar-refractivity contribution in [2.75, 3.05) is 39.4 Å². The maximum absolute atomic E-state index is 11.4. The lowest BCUT2D eigenvalue weighted by atomic mass is 10.5. The van der Waals surface area contributed by atoms with Crippen LogP contribution in [0.25, 0.3) is 4.72 Å². The summed E-state index contributed by atoms with van der Waals surface area (Å²) in [5.41, 5.74) is 3.53. The van der Waals surface area contributed by atoms with Crippen LogP contribution in [-0.2, 0) is 14.9 Å². The van der Waals surface area contributed by atoms with Crippen LogP contribution >= 0.6 is 0 Å². The van der Waals surface area contributed by atoms with Gasteiger partial charge in [-0.2, -0.15) is 0 Å². The molecule has 1 saturated heterocycles. The molecule has 0 aromatic heterocycles. The largest absolute Gasteiger partial charge is 0.531 e. The number of ether oxygens (including phenoxy) is 1. The van der Waals surface area contributed by atoms with E-state index in [9.17, 15) is 8.42 Å². The quantitative estimate of drug-likeness (QED) is 0.591. The molecule has 1 heterocycles. The van der Waals surface area contributed by atoms with E-state index in [0.29, 0.717) is 32.8 Å². The third-order valence-electron chi connectivity index (χ3n) is 1.71. The van der Waals surface area contributed by atoms with Gasteiger partial charge in [0.1, 0.15) is 10.2 Å². The molecule has 0 aliphatic carbocycles. The SMILES string of the molecule is [NH3+]CC[N-]S(=O)(=O)N1CCOCC1. The Bertz CT molecular complexity index is 236. The fourth-order valence-corrected chi connectivity index (χ4v) is 2.17. The van der Waals surface area contributed by atoms with Gasteiger partial charge in [-0.05, 0) is 0 Å². The first-order valence-corrected chi connectivity index (χ1v) is 5.62. The third kappa shape index (κ3) is 3.20. The van der Waals surface area contributed by atoms with Crippen molar-refractivity contribution < 1.29 is 18.9 Å². The van der Waals surface area contributed by atoms with Crippen LogP contribution in [0.4, 0.5) is 0 Å². The van der Waals surface area contributed by atoms with E-state index in [1.54, 1.807) is 0 Å². The zero-order valence-corrected chi connectivity index (χ0v) is 8.29. The minimum Gasteiger partial charge on any atom is -0.531 e. The van der Waals surface area contributed by atoms with E-state index >= 15 is 0 Å². The van der Waals surface area contributed by atoms with Gasteiger partial charge < -0.3 is 15.2 Å². The highest BCUT2D eigenvalue weighted by Gasteiger charge is 2.16. The van der Waals surface area contributed by atoms with Crippen LogP contribution in [0, 0.1) is 0 Å². The summed E-state index contributed by atoms with van der Waals surface area (Å²) >= 11 is 0. The molecule has 13 heavy (non-hydrogen) atoms. The molecule has 7 heteroatoms. The molecule has 0 aromatic rings. The van der Waals surface area contributed by atoms with E-state index in [0.717, 1.165) is 0 Å². The molecular formula is C6H15N3O3S. The number of nitrogens with zero attached hydrogens (tertiary/aromatic N) is 2. The first-order valence-electron chi connectivity index (χ1n) is 4.22. The van der Waals surface area contributed by atoms with Crippen LogP contribution in [-0.4, -0.2) is 52.1 Å². The van der Waals surface area contributed by atoms with Crippen molar-refractivity contribution in [3.8, 4) is 0 Å². The molecule has 0 radical (unpaired) electrons. The number of rotatable bonds is 4. The van der Waals surface area contributed by atoms with Gasteiger partial charge in [-0.25, -0.2) is 12.7 Å². The Morgan fingerprint density at radius 1 is 1.38 bits per heavy atom. The smallest absolute Gasteiger partial charge is 0.137 e. The van der Waals surface area contributed by atoms with Crippen molar-refractivity contribution in [2.24, 2.45) is 0 Å². The van der Waals surface area contributed by atoms with Crippen molar-refractivity contribution in [2.45, 2.75) is 0 Å². The third-order valence-corrected chi connectivity index (χ3v) is 3.24. The van der Waals surface area contributed by atoms with Crippen LogP contribution in [0.15, 0.2) is 0 Å². The van der Waals surface area contributed by atoms with E-state index in [4.69, 9.17) is 4.74 Å². The molecule has 1 aliphatic heterocycles. The van der Waals surface area contributed by atoms with E-state index in [2.05, 4.69) is 10.5 Å². The molecule has 0 saturated carbocycles. The van der Waals surface area contributed by atoms with Crippen molar-refractivity contribution >= 4 is 10.2 Å². The average molecular weight is 209 g/mol. The van der Waals surface area contributed by atoms with E-state index in [-0.39, 0.29) is 6.54 Å². The summed E-state index contributed by atoms with van der Waals surface area (Å²) in [5, 5.41) is 0. The Kier molecular flexibility index (Phi) is 4.07. The highest BCUT2D eigenvalue weighted by Crippen LogP contribution is 2.10. The van der Waals surface area contributed by atoms with Crippen molar-refractivity contribution in [3.63, 3.8) is 0 Å². The van der Waals surface area contributed by atoms with Crippen molar-refractivity contribution in [3.05, 3.63) is 4.72 Å². The Labute approximate surface area is 78.2 Å². The summed E-state index contributed by atoms with van der Waals surface area (Å²) in [6, 6.07) is 0. The van der Waals surface area contributed by atoms with Gasteiger partial charge in [0.05, 0.1) is 19.8 Å². The maximum atomic E-state index is 11.4. The number of morpholine rings is 1. The molecule has 1 rings (SSSR count). The number of quaternary nitrogens is 1. The molecule has 0 aromatic carbocycles. The predicted molar refractivity (Wildman–Crippen MR) is 47.3 cm³/mol. The summed E-state index contributed by atoms with van der Waals surface area (Å²) in [5.74, 6) is 0. The molecule has 78 valence electrons. The summed E-state index contributed by atoms with van der Waals surface area (Å²) in [7, 11) is -3.41. The Balaban J connectivity index is 2.47. The fourth-order valence-electron chi connectivity index (χ4n) is 1.04. The minimum atomic E-state index is -3.41. The second-order valence-corrected chi connectivity index (χ2v) is 4.37. The lowest BCUT2D eigenvalue weighted by Crippen LogP contribution is -2.52. The van der Waals surface area contributed by atoms with Gasteiger partial charge in [0.15, 0.2) is 0 Å². The molecule has 0 spiro atoms. The zero-order chi connectivity index (χ0) is 9.73. The van der Waals surface area contributed by atoms with Crippen molar-refractivity contribution in [1.82, 2.24) is 4.31 Å². The highest BCUT2D eigenvalue weighted by molar-refractivity contribution is 7.91. The Morgan fingerprint density at radius 3 is 2.54 bits per heavy atom. The van der Waals surface area contributed by atoms with Crippen LogP contribution in [0.3, 0.4) is 0 Å². The maximum Gasteiger partial charge on any atom is 0.137 e. The van der Waals surface area contributed by atoms with E-state index in [1.807, 2.05) is 0 Å². The second-order valence-electron chi connectivity index (χ2n) is 2.70. The van der Waals surface area contributed by atoms with Gasteiger partial charge >= 0.3 is 0 Å². The Morgan fingerprint density at radius 2 is 2.00 bits per heavy atom.